The highest BCUT2D eigenvalue weighted by molar-refractivity contribution is 5.67. The van der Waals surface area contributed by atoms with Crippen molar-refractivity contribution in [3.63, 3.8) is 0 Å². The molecule has 2 N–H and O–H groups in total. The van der Waals surface area contributed by atoms with Crippen LogP contribution in [0.25, 0.3) is 0 Å². The number of carbonyl (C=O) groups excluding carboxylic acids is 1. The average Bonchev–Trinajstić information content (AvgIpc) is 2.15. The normalized spacial score (nSPS) is 22.7. The molecule has 15 heavy (non-hydrogen) atoms. The Balaban J connectivity index is 2.56. The standard InChI is InChI=1S/C10H20N2O3/c1-10(2,3)15-9(13)12-8(7-11)5-4-6-14-12/h8H,4-7,11H2,1-3H3. The number of amides is 1. The molecule has 0 aromatic heterocycles. The topological polar surface area (TPSA) is 64.8 Å². The Bertz CT molecular complexity index is 225. The number of carbonyl (C=O) groups is 1. The van der Waals surface area contributed by atoms with Crippen LogP contribution in [0, 0.1) is 0 Å². The van der Waals surface area contributed by atoms with Gasteiger partial charge >= 0.3 is 6.09 Å². The number of nitrogens with two attached hydrogens (primary N) is 1. The highest BCUT2D eigenvalue weighted by Gasteiger charge is 2.30. The molecule has 0 aromatic rings. The van der Waals surface area contributed by atoms with Gasteiger partial charge in [0.1, 0.15) is 5.60 Å². The second-order valence-corrected chi connectivity index (χ2v) is 4.67. The maximum absolute atomic E-state index is 11.7. The number of hydroxylamine groups is 2. The van der Waals surface area contributed by atoms with Gasteiger partial charge in [0.25, 0.3) is 0 Å². The van der Waals surface area contributed by atoms with E-state index >= 15 is 0 Å². The maximum Gasteiger partial charge on any atom is 0.434 e. The van der Waals surface area contributed by atoms with Crippen molar-refractivity contribution in [2.45, 2.75) is 45.3 Å². The molecule has 0 bridgehead atoms. The lowest BCUT2D eigenvalue weighted by Gasteiger charge is -2.34. The molecule has 1 amide bonds. The van der Waals surface area contributed by atoms with Crippen molar-refractivity contribution < 1.29 is 14.4 Å². The molecule has 5 nitrogen and oxygen atoms in total. The molecular weight excluding hydrogens is 196 g/mol. The molecule has 0 aromatic carbocycles. The van der Waals surface area contributed by atoms with Crippen LogP contribution in [-0.2, 0) is 9.57 Å². The minimum Gasteiger partial charge on any atom is -0.442 e. The van der Waals surface area contributed by atoms with Crippen molar-refractivity contribution in [1.29, 1.82) is 0 Å². The first kappa shape index (κ1) is 12.3. The lowest BCUT2D eigenvalue weighted by Crippen LogP contribution is -2.49. The van der Waals surface area contributed by atoms with Crippen LogP contribution in [0.3, 0.4) is 0 Å². The molecule has 1 rings (SSSR count). The van der Waals surface area contributed by atoms with E-state index in [9.17, 15) is 4.79 Å². The van der Waals surface area contributed by atoms with Crippen molar-refractivity contribution in [3.05, 3.63) is 0 Å². The van der Waals surface area contributed by atoms with E-state index in [4.69, 9.17) is 15.3 Å². The summed E-state index contributed by atoms with van der Waals surface area (Å²) in [6, 6.07) is -0.0615. The average molecular weight is 216 g/mol. The molecular formula is C10H20N2O3. The lowest BCUT2D eigenvalue weighted by atomic mass is 10.1. The van der Waals surface area contributed by atoms with Gasteiger partial charge < -0.3 is 10.5 Å². The molecule has 1 aliphatic rings. The van der Waals surface area contributed by atoms with E-state index in [1.807, 2.05) is 20.8 Å². The molecule has 0 spiro atoms. The SMILES string of the molecule is CC(C)(C)OC(=O)N1OCCCC1CN. The van der Waals surface area contributed by atoms with Gasteiger partial charge in [0.2, 0.25) is 0 Å². The first-order valence-electron chi connectivity index (χ1n) is 5.29. The van der Waals surface area contributed by atoms with Gasteiger partial charge in [-0.1, -0.05) is 0 Å². The van der Waals surface area contributed by atoms with Crippen LogP contribution in [0.2, 0.25) is 0 Å². The van der Waals surface area contributed by atoms with Gasteiger partial charge in [0.15, 0.2) is 0 Å². The summed E-state index contributed by atoms with van der Waals surface area (Å²) in [5.41, 5.74) is 5.06. The zero-order valence-corrected chi connectivity index (χ0v) is 9.66. The van der Waals surface area contributed by atoms with E-state index in [0.29, 0.717) is 13.2 Å². The fourth-order valence-electron chi connectivity index (χ4n) is 1.43. The van der Waals surface area contributed by atoms with E-state index in [1.165, 1.54) is 5.06 Å². The van der Waals surface area contributed by atoms with E-state index in [2.05, 4.69) is 0 Å². The van der Waals surface area contributed by atoms with Crippen LogP contribution in [0.1, 0.15) is 33.6 Å². The number of hydrogen-bond acceptors (Lipinski definition) is 4. The first-order valence-corrected chi connectivity index (χ1v) is 5.29. The van der Waals surface area contributed by atoms with Crippen LogP contribution in [0.4, 0.5) is 4.79 Å². The van der Waals surface area contributed by atoms with Crippen LogP contribution in [-0.4, -0.2) is 36.0 Å². The number of rotatable bonds is 1. The van der Waals surface area contributed by atoms with Crippen LogP contribution < -0.4 is 5.73 Å². The van der Waals surface area contributed by atoms with Gasteiger partial charge in [-0.25, -0.2) is 4.79 Å². The monoisotopic (exact) mass is 216 g/mol. The summed E-state index contributed by atoms with van der Waals surface area (Å²) in [7, 11) is 0. The molecule has 88 valence electrons. The summed E-state index contributed by atoms with van der Waals surface area (Å²) >= 11 is 0. The zero-order valence-electron chi connectivity index (χ0n) is 9.66. The van der Waals surface area contributed by atoms with Gasteiger partial charge in [0, 0.05) is 6.54 Å². The zero-order chi connectivity index (χ0) is 11.5. The maximum atomic E-state index is 11.7. The molecule has 0 aliphatic carbocycles. The Labute approximate surface area is 90.5 Å². The van der Waals surface area contributed by atoms with Crippen LogP contribution >= 0.6 is 0 Å². The van der Waals surface area contributed by atoms with Gasteiger partial charge in [-0.2, -0.15) is 5.06 Å². The second-order valence-electron chi connectivity index (χ2n) is 4.67. The van der Waals surface area contributed by atoms with E-state index in [-0.39, 0.29) is 6.04 Å². The van der Waals surface area contributed by atoms with Gasteiger partial charge in [-0.3, -0.25) is 4.84 Å². The predicted octanol–water partition coefficient (Wildman–Crippen LogP) is 1.28. The largest absolute Gasteiger partial charge is 0.442 e. The van der Waals surface area contributed by atoms with E-state index in [1.54, 1.807) is 0 Å². The molecule has 1 unspecified atom stereocenters. The Morgan fingerprint density at radius 2 is 2.27 bits per heavy atom. The third-order valence-corrected chi connectivity index (χ3v) is 2.09. The molecule has 1 atom stereocenters. The number of nitrogens with zero attached hydrogens (tertiary/aromatic N) is 1. The molecule has 1 heterocycles. The lowest BCUT2D eigenvalue weighted by molar-refractivity contribution is -0.190. The third-order valence-electron chi connectivity index (χ3n) is 2.09. The molecule has 5 heteroatoms. The number of ether oxygens (including phenoxy) is 1. The van der Waals surface area contributed by atoms with Crippen LogP contribution in [0.5, 0.6) is 0 Å². The molecule has 0 radical (unpaired) electrons. The quantitative estimate of drug-likeness (QED) is 0.717. The Kier molecular flexibility index (Phi) is 3.93. The smallest absolute Gasteiger partial charge is 0.434 e. The Morgan fingerprint density at radius 1 is 1.60 bits per heavy atom. The van der Waals surface area contributed by atoms with Crippen molar-refractivity contribution in [1.82, 2.24) is 5.06 Å². The highest BCUT2D eigenvalue weighted by Crippen LogP contribution is 2.18. The minimum atomic E-state index is -0.503. The summed E-state index contributed by atoms with van der Waals surface area (Å²) in [6.45, 7) is 6.43. The molecule has 1 saturated heterocycles. The summed E-state index contributed by atoms with van der Waals surface area (Å²) < 4.78 is 5.22. The second kappa shape index (κ2) is 4.81. The van der Waals surface area contributed by atoms with E-state index < -0.39 is 11.7 Å². The van der Waals surface area contributed by atoms with Crippen molar-refractivity contribution in [2.75, 3.05) is 13.2 Å². The van der Waals surface area contributed by atoms with E-state index in [0.717, 1.165) is 12.8 Å². The van der Waals surface area contributed by atoms with Crippen molar-refractivity contribution in [2.24, 2.45) is 5.73 Å². The highest BCUT2D eigenvalue weighted by atomic mass is 16.7. The van der Waals surface area contributed by atoms with Crippen LogP contribution in [0.15, 0.2) is 0 Å². The van der Waals surface area contributed by atoms with Crippen molar-refractivity contribution >= 4 is 6.09 Å². The van der Waals surface area contributed by atoms with Gasteiger partial charge in [0.05, 0.1) is 12.6 Å². The number of hydrogen-bond donors (Lipinski definition) is 1. The summed E-state index contributed by atoms with van der Waals surface area (Å²) in [6.07, 6.45) is 1.36. The molecule has 1 fully saturated rings. The predicted molar refractivity (Wildman–Crippen MR) is 56.1 cm³/mol. The third kappa shape index (κ3) is 3.68. The Morgan fingerprint density at radius 3 is 2.80 bits per heavy atom. The van der Waals surface area contributed by atoms with Gasteiger partial charge in [-0.05, 0) is 33.6 Å². The summed E-state index contributed by atoms with van der Waals surface area (Å²) in [4.78, 5) is 17.0. The molecule has 1 aliphatic heterocycles. The fourth-order valence-corrected chi connectivity index (χ4v) is 1.43. The molecule has 0 saturated carbocycles. The minimum absolute atomic E-state index is 0.0615. The fraction of sp³-hybridized carbons (Fsp3) is 0.900. The Hall–Kier alpha value is -0.810. The first-order chi connectivity index (χ1) is 6.94. The summed E-state index contributed by atoms with van der Waals surface area (Å²) in [5, 5.41) is 1.27. The van der Waals surface area contributed by atoms with Crippen molar-refractivity contribution in [3.8, 4) is 0 Å². The van der Waals surface area contributed by atoms with Gasteiger partial charge in [-0.15, -0.1) is 0 Å². The summed E-state index contributed by atoms with van der Waals surface area (Å²) in [5.74, 6) is 0.